The number of hydrogen-bond acceptors (Lipinski definition) is 3. The Labute approximate surface area is 115 Å². The topological polar surface area (TPSA) is 59.6 Å². The summed E-state index contributed by atoms with van der Waals surface area (Å²) in [4.78, 5) is 1.84. The van der Waals surface area contributed by atoms with Crippen molar-refractivity contribution >= 4 is 10.0 Å². The minimum absolute atomic E-state index is 0.342. The lowest BCUT2D eigenvalue weighted by Gasteiger charge is -2.31. The summed E-state index contributed by atoms with van der Waals surface area (Å²) in [5.41, 5.74) is 0.575. The van der Waals surface area contributed by atoms with Gasteiger partial charge in [0.25, 0.3) is 0 Å². The van der Waals surface area contributed by atoms with Crippen molar-refractivity contribution in [3.05, 3.63) is 11.9 Å². The van der Waals surface area contributed by atoms with Crippen LogP contribution < -0.4 is 4.90 Å². The van der Waals surface area contributed by atoms with Crippen LogP contribution in [0.4, 0.5) is 0 Å². The average Bonchev–Trinajstić information content (AvgIpc) is 2.70. The predicted octanol–water partition coefficient (Wildman–Crippen LogP) is -0.972. The molecule has 1 fully saturated rings. The number of aryl methyl sites for hydroxylation is 2. The third kappa shape index (κ3) is 2.98. The first-order chi connectivity index (χ1) is 8.95. The highest BCUT2D eigenvalue weighted by Crippen LogP contribution is 2.18. The number of piperazine rings is 1. The zero-order chi connectivity index (χ0) is 14.0. The van der Waals surface area contributed by atoms with Crippen molar-refractivity contribution in [2.45, 2.75) is 25.2 Å². The molecule has 2 heterocycles. The van der Waals surface area contributed by atoms with Gasteiger partial charge in [-0.2, -0.15) is 9.40 Å². The average molecular weight is 287 g/mol. The summed E-state index contributed by atoms with van der Waals surface area (Å²) in [6, 6.07) is 0. The maximum atomic E-state index is 12.5. The summed E-state index contributed by atoms with van der Waals surface area (Å²) >= 11 is 0. The van der Waals surface area contributed by atoms with Gasteiger partial charge in [-0.3, -0.25) is 4.68 Å². The number of rotatable bonds is 4. The van der Waals surface area contributed by atoms with Gasteiger partial charge in [0.2, 0.25) is 10.0 Å². The van der Waals surface area contributed by atoms with Crippen molar-refractivity contribution in [1.82, 2.24) is 14.1 Å². The summed E-state index contributed by atoms with van der Waals surface area (Å²) in [6.45, 7) is 8.02. The Morgan fingerprint density at radius 2 is 2.00 bits per heavy atom. The van der Waals surface area contributed by atoms with E-state index in [-0.39, 0.29) is 0 Å². The summed E-state index contributed by atoms with van der Waals surface area (Å²) in [5, 5.41) is 4.12. The second kappa shape index (κ2) is 5.60. The molecular formula is C12H23N4O2S+. The Bertz CT molecular complexity index is 530. The largest absolute Gasteiger partial charge is 0.333 e. The molecule has 108 valence electrons. The van der Waals surface area contributed by atoms with E-state index < -0.39 is 10.0 Å². The number of hydrogen-bond donors (Lipinski definition) is 1. The van der Waals surface area contributed by atoms with Crippen LogP contribution in [0.1, 0.15) is 19.0 Å². The van der Waals surface area contributed by atoms with Crippen LogP contribution in [0.25, 0.3) is 0 Å². The van der Waals surface area contributed by atoms with E-state index in [4.69, 9.17) is 0 Å². The molecule has 6 nitrogen and oxygen atoms in total. The van der Waals surface area contributed by atoms with Crippen molar-refractivity contribution in [2.24, 2.45) is 7.05 Å². The van der Waals surface area contributed by atoms with Gasteiger partial charge in [0.15, 0.2) is 0 Å². The molecule has 1 aliphatic heterocycles. The number of quaternary nitrogens is 1. The van der Waals surface area contributed by atoms with Gasteiger partial charge >= 0.3 is 0 Å². The van der Waals surface area contributed by atoms with E-state index in [1.54, 1.807) is 29.2 Å². The first-order valence-electron chi connectivity index (χ1n) is 6.79. The van der Waals surface area contributed by atoms with Gasteiger partial charge in [0.1, 0.15) is 4.90 Å². The predicted molar refractivity (Wildman–Crippen MR) is 72.6 cm³/mol. The fourth-order valence-corrected chi connectivity index (χ4v) is 4.26. The van der Waals surface area contributed by atoms with E-state index in [9.17, 15) is 8.42 Å². The molecule has 0 amide bonds. The molecule has 19 heavy (non-hydrogen) atoms. The summed E-state index contributed by atoms with van der Waals surface area (Å²) in [6.07, 6.45) is 2.74. The molecule has 0 radical (unpaired) electrons. The van der Waals surface area contributed by atoms with Gasteiger partial charge in [-0.1, -0.05) is 6.92 Å². The fraction of sp³-hybridized carbons (Fsp3) is 0.750. The quantitative estimate of drug-likeness (QED) is 0.775. The molecule has 0 bridgehead atoms. The van der Waals surface area contributed by atoms with Gasteiger partial charge in [0.05, 0.1) is 38.4 Å². The maximum absolute atomic E-state index is 12.5. The third-order valence-corrected chi connectivity index (χ3v) is 5.62. The Morgan fingerprint density at radius 3 is 2.47 bits per heavy atom. The van der Waals surface area contributed by atoms with Crippen LogP contribution in [0.15, 0.2) is 11.1 Å². The summed E-state index contributed by atoms with van der Waals surface area (Å²) in [5.74, 6) is 0. The zero-order valence-corrected chi connectivity index (χ0v) is 12.7. The highest BCUT2D eigenvalue weighted by Gasteiger charge is 2.32. The lowest BCUT2D eigenvalue weighted by molar-refractivity contribution is -0.903. The maximum Gasteiger partial charge on any atom is 0.246 e. The Kier molecular flexibility index (Phi) is 4.27. The lowest BCUT2D eigenvalue weighted by atomic mass is 10.3. The Balaban J connectivity index is 2.12. The first-order valence-corrected chi connectivity index (χ1v) is 8.23. The van der Waals surface area contributed by atoms with E-state index in [0.29, 0.717) is 23.7 Å². The molecule has 1 aliphatic rings. The second-order valence-corrected chi connectivity index (χ2v) is 7.06. The lowest BCUT2D eigenvalue weighted by Crippen LogP contribution is -3.14. The number of nitrogens with zero attached hydrogens (tertiary/aromatic N) is 3. The van der Waals surface area contributed by atoms with E-state index in [1.165, 1.54) is 4.90 Å². The normalized spacial score (nSPS) is 18.9. The summed E-state index contributed by atoms with van der Waals surface area (Å²) in [7, 11) is -1.63. The molecule has 2 rings (SSSR count). The van der Waals surface area contributed by atoms with Gasteiger partial charge < -0.3 is 4.90 Å². The van der Waals surface area contributed by atoms with Crippen LogP contribution in [0.3, 0.4) is 0 Å². The Hall–Kier alpha value is -0.920. The monoisotopic (exact) mass is 287 g/mol. The fourth-order valence-electron chi connectivity index (χ4n) is 2.62. The molecule has 0 aliphatic carbocycles. The molecule has 0 aromatic carbocycles. The smallest absolute Gasteiger partial charge is 0.246 e. The van der Waals surface area contributed by atoms with Crippen molar-refractivity contribution in [2.75, 3.05) is 32.7 Å². The van der Waals surface area contributed by atoms with Gasteiger partial charge in [-0.15, -0.1) is 0 Å². The Morgan fingerprint density at radius 1 is 1.37 bits per heavy atom. The van der Waals surface area contributed by atoms with Crippen LogP contribution in [0.5, 0.6) is 0 Å². The van der Waals surface area contributed by atoms with Gasteiger partial charge in [-0.25, -0.2) is 8.42 Å². The van der Waals surface area contributed by atoms with E-state index in [2.05, 4.69) is 12.0 Å². The van der Waals surface area contributed by atoms with Crippen molar-refractivity contribution in [1.29, 1.82) is 0 Å². The van der Waals surface area contributed by atoms with Crippen LogP contribution >= 0.6 is 0 Å². The molecule has 7 heteroatoms. The highest BCUT2D eigenvalue weighted by molar-refractivity contribution is 7.89. The van der Waals surface area contributed by atoms with Crippen molar-refractivity contribution < 1.29 is 13.3 Å². The molecular weight excluding hydrogens is 264 g/mol. The van der Waals surface area contributed by atoms with Crippen molar-refractivity contribution in [3.63, 3.8) is 0 Å². The molecule has 0 saturated carbocycles. The summed E-state index contributed by atoms with van der Waals surface area (Å²) < 4.78 is 28.2. The SMILES string of the molecule is CCC[NH+]1CCN(S(=O)(=O)c2cn(C)nc2C)CC1. The third-order valence-electron chi connectivity index (χ3n) is 3.62. The van der Waals surface area contributed by atoms with E-state index >= 15 is 0 Å². The first kappa shape index (κ1) is 14.5. The van der Waals surface area contributed by atoms with Crippen LogP contribution in [-0.2, 0) is 17.1 Å². The minimum Gasteiger partial charge on any atom is -0.333 e. The van der Waals surface area contributed by atoms with Crippen LogP contribution in [0.2, 0.25) is 0 Å². The molecule has 1 aromatic rings. The second-order valence-electron chi connectivity index (χ2n) is 5.16. The number of nitrogens with one attached hydrogen (secondary N) is 1. The zero-order valence-electron chi connectivity index (χ0n) is 11.9. The number of sulfonamides is 1. The van der Waals surface area contributed by atoms with Crippen molar-refractivity contribution in [3.8, 4) is 0 Å². The van der Waals surface area contributed by atoms with Crippen LogP contribution in [-0.4, -0.2) is 55.2 Å². The molecule has 1 aromatic heterocycles. The van der Waals surface area contributed by atoms with E-state index in [0.717, 1.165) is 26.1 Å². The molecule has 1 N–H and O–H groups in total. The van der Waals surface area contributed by atoms with Gasteiger partial charge in [-0.05, 0) is 13.3 Å². The molecule has 0 unspecified atom stereocenters. The highest BCUT2D eigenvalue weighted by atomic mass is 32.2. The van der Waals surface area contributed by atoms with E-state index in [1.807, 2.05) is 0 Å². The molecule has 0 atom stereocenters. The molecule has 0 spiro atoms. The van der Waals surface area contributed by atoms with Gasteiger partial charge in [0, 0.05) is 13.2 Å². The standard InChI is InChI=1S/C12H22N4O2S/c1-4-5-15-6-8-16(9-7-15)19(17,18)12-10-14(3)13-11(12)2/h10H,4-9H2,1-3H3/p+1. The minimum atomic E-state index is -3.37. The number of aromatic nitrogens is 2. The van der Waals surface area contributed by atoms with Crippen LogP contribution in [0, 0.1) is 6.92 Å². The molecule has 1 saturated heterocycles.